The SMILES string of the molecule is CCCOC(=O)c1c(NC(=O)C=Cc2ccc(OC)c(OC)c2)sc2c1CCCCC2. The van der Waals surface area contributed by atoms with Crippen molar-refractivity contribution in [3.8, 4) is 11.5 Å². The average Bonchev–Trinajstić information content (AvgIpc) is 2.95. The molecule has 0 bridgehead atoms. The monoisotopic (exact) mass is 443 g/mol. The zero-order chi connectivity index (χ0) is 22.2. The highest BCUT2D eigenvalue weighted by Gasteiger charge is 2.26. The van der Waals surface area contributed by atoms with E-state index in [1.165, 1.54) is 22.3 Å². The van der Waals surface area contributed by atoms with Gasteiger partial charge in [0.25, 0.3) is 0 Å². The molecule has 0 unspecified atom stereocenters. The van der Waals surface area contributed by atoms with Gasteiger partial charge < -0.3 is 19.5 Å². The second-order valence-corrected chi connectivity index (χ2v) is 8.45. The molecule has 31 heavy (non-hydrogen) atoms. The van der Waals surface area contributed by atoms with Gasteiger partial charge in [0.2, 0.25) is 5.91 Å². The van der Waals surface area contributed by atoms with Gasteiger partial charge in [0.05, 0.1) is 26.4 Å². The third-order valence-corrected chi connectivity index (χ3v) is 6.34. The maximum atomic E-state index is 12.8. The molecule has 0 radical (unpaired) electrons. The van der Waals surface area contributed by atoms with Crippen molar-refractivity contribution in [3.05, 3.63) is 45.8 Å². The van der Waals surface area contributed by atoms with Crippen LogP contribution >= 0.6 is 11.3 Å². The molecule has 1 N–H and O–H groups in total. The Morgan fingerprint density at radius 1 is 1.10 bits per heavy atom. The number of nitrogens with one attached hydrogen (secondary N) is 1. The molecule has 0 saturated heterocycles. The summed E-state index contributed by atoms with van der Waals surface area (Å²) in [7, 11) is 3.14. The zero-order valence-electron chi connectivity index (χ0n) is 18.3. The van der Waals surface area contributed by atoms with Gasteiger partial charge in [-0.1, -0.05) is 19.4 Å². The number of carbonyl (C=O) groups excluding carboxylic acids is 2. The van der Waals surface area contributed by atoms with Gasteiger partial charge in [-0.3, -0.25) is 4.79 Å². The minimum atomic E-state index is -0.347. The molecule has 0 atom stereocenters. The van der Waals surface area contributed by atoms with Crippen molar-refractivity contribution in [2.24, 2.45) is 0 Å². The highest BCUT2D eigenvalue weighted by atomic mass is 32.1. The number of thiophene rings is 1. The van der Waals surface area contributed by atoms with Crippen molar-refractivity contribution in [2.45, 2.75) is 45.4 Å². The van der Waals surface area contributed by atoms with E-state index in [1.807, 2.05) is 13.0 Å². The Hall–Kier alpha value is -2.80. The molecule has 0 spiro atoms. The Morgan fingerprint density at radius 2 is 1.87 bits per heavy atom. The summed E-state index contributed by atoms with van der Waals surface area (Å²) in [5.74, 6) is 0.573. The van der Waals surface area contributed by atoms with E-state index in [0.29, 0.717) is 28.7 Å². The van der Waals surface area contributed by atoms with Gasteiger partial charge in [-0.25, -0.2) is 4.79 Å². The summed E-state index contributed by atoms with van der Waals surface area (Å²) >= 11 is 1.49. The van der Waals surface area contributed by atoms with Crippen LogP contribution in [0.3, 0.4) is 0 Å². The molecular formula is C24H29NO5S. The first-order valence-corrected chi connectivity index (χ1v) is 11.4. The first-order chi connectivity index (χ1) is 15.1. The third-order valence-electron chi connectivity index (χ3n) is 5.13. The quantitative estimate of drug-likeness (QED) is 0.343. The van der Waals surface area contributed by atoms with Crippen LogP contribution < -0.4 is 14.8 Å². The summed E-state index contributed by atoms with van der Waals surface area (Å²) in [6.45, 7) is 2.33. The maximum absolute atomic E-state index is 12.8. The molecule has 1 aromatic heterocycles. The van der Waals surface area contributed by atoms with Crippen LogP contribution in [0.15, 0.2) is 24.3 Å². The number of amides is 1. The maximum Gasteiger partial charge on any atom is 0.341 e. The Kier molecular flexibility index (Phi) is 8.12. The van der Waals surface area contributed by atoms with Crippen LogP contribution in [0.4, 0.5) is 5.00 Å². The predicted octanol–water partition coefficient (Wildman–Crippen LogP) is 5.25. The van der Waals surface area contributed by atoms with Gasteiger partial charge in [-0.2, -0.15) is 0 Å². The molecular weight excluding hydrogens is 414 g/mol. The highest BCUT2D eigenvalue weighted by Crippen LogP contribution is 2.38. The lowest BCUT2D eigenvalue weighted by Gasteiger charge is -2.08. The summed E-state index contributed by atoms with van der Waals surface area (Å²) < 4.78 is 16.0. The van der Waals surface area contributed by atoms with Crippen molar-refractivity contribution >= 4 is 34.3 Å². The van der Waals surface area contributed by atoms with Crippen molar-refractivity contribution < 1.29 is 23.8 Å². The predicted molar refractivity (Wildman–Crippen MR) is 123 cm³/mol. The number of methoxy groups -OCH3 is 2. The van der Waals surface area contributed by atoms with Crippen molar-refractivity contribution in [1.29, 1.82) is 0 Å². The minimum absolute atomic E-state index is 0.296. The standard InChI is InChI=1S/C24H29NO5S/c1-4-14-30-24(27)22-17-8-6-5-7-9-20(17)31-23(22)25-21(26)13-11-16-10-12-18(28-2)19(15-16)29-3/h10-13,15H,4-9,14H2,1-3H3,(H,25,26). The average molecular weight is 444 g/mol. The van der Waals surface area contributed by atoms with E-state index in [2.05, 4.69) is 5.32 Å². The smallest absolute Gasteiger partial charge is 0.341 e. The van der Waals surface area contributed by atoms with E-state index in [1.54, 1.807) is 32.4 Å². The Morgan fingerprint density at radius 3 is 2.61 bits per heavy atom. The van der Waals surface area contributed by atoms with Gasteiger partial charge in [0, 0.05) is 11.0 Å². The number of benzene rings is 1. The van der Waals surface area contributed by atoms with Crippen LogP contribution in [0, 0.1) is 0 Å². The van der Waals surface area contributed by atoms with Crippen molar-refractivity contribution in [3.63, 3.8) is 0 Å². The molecule has 0 aliphatic heterocycles. The molecule has 7 heteroatoms. The van der Waals surface area contributed by atoms with Crippen LogP contribution in [0.2, 0.25) is 0 Å². The van der Waals surface area contributed by atoms with Crippen LogP contribution in [0.1, 0.15) is 59.0 Å². The molecule has 0 saturated carbocycles. The zero-order valence-corrected chi connectivity index (χ0v) is 19.1. The van der Waals surface area contributed by atoms with E-state index >= 15 is 0 Å². The normalized spacial score (nSPS) is 13.4. The Balaban J connectivity index is 1.80. The van der Waals surface area contributed by atoms with Gasteiger partial charge >= 0.3 is 5.97 Å². The lowest BCUT2D eigenvalue weighted by Crippen LogP contribution is -2.13. The van der Waals surface area contributed by atoms with Gasteiger partial charge in [0.1, 0.15) is 5.00 Å². The Bertz CT molecular complexity index is 963. The molecule has 0 fully saturated rings. The van der Waals surface area contributed by atoms with E-state index in [4.69, 9.17) is 14.2 Å². The largest absolute Gasteiger partial charge is 0.493 e. The topological polar surface area (TPSA) is 73.9 Å². The number of hydrogen-bond acceptors (Lipinski definition) is 6. The van der Waals surface area contributed by atoms with Crippen LogP contribution in [-0.4, -0.2) is 32.7 Å². The number of ether oxygens (including phenoxy) is 3. The second-order valence-electron chi connectivity index (χ2n) is 7.34. The molecule has 2 aromatic rings. The van der Waals surface area contributed by atoms with Crippen LogP contribution in [0.25, 0.3) is 6.08 Å². The molecule has 1 heterocycles. The highest BCUT2D eigenvalue weighted by molar-refractivity contribution is 7.17. The first kappa shape index (κ1) is 22.9. The number of carbonyl (C=O) groups is 2. The lowest BCUT2D eigenvalue weighted by molar-refractivity contribution is -0.111. The number of esters is 1. The Labute approximate surface area is 187 Å². The summed E-state index contributed by atoms with van der Waals surface area (Å²) in [5.41, 5.74) is 2.38. The molecule has 3 rings (SSSR count). The molecule has 1 amide bonds. The fraction of sp³-hybridized carbons (Fsp3) is 0.417. The first-order valence-electron chi connectivity index (χ1n) is 10.6. The van der Waals surface area contributed by atoms with Gasteiger partial charge in [-0.15, -0.1) is 11.3 Å². The molecule has 1 aromatic carbocycles. The summed E-state index contributed by atoms with van der Waals surface area (Å²) in [6, 6.07) is 5.42. The molecule has 1 aliphatic carbocycles. The van der Waals surface area contributed by atoms with Gasteiger partial charge in [-0.05, 0) is 61.4 Å². The number of fused-ring (bicyclic) bond motifs is 1. The number of aryl methyl sites for hydroxylation is 1. The van der Waals surface area contributed by atoms with E-state index in [9.17, 15) is 9.59 Å². The van der Waals surface area contributed by atoms with Crippen molar-refractivity contribution in [1.82, 2.24) is 0 Å². The lowest BCUT2D eigenvalue weighted by atomic mass is 10.1. The minimum Gasteiger partial charge on any atom is -0.493 e. The van der Waals surface area contributed by atoms with Crippen LogP contribution in [-0.2, 0) is 22.4 Å². The summed E-state index contributed by atoms with van der Waals surface area (Å²) in [5, 5.41) is 3.48. The molecule has 1 aliphatic rings. The molecule has 6 nitrogen and oxygen atoms in total. The number of hydrogen-bond donors (Lipinski definition) is 1. The van der Waals surface area contributed by atoms with E-state index < -0.39 is 0 Å². The fourth-order valence-electron chi connectivity index (χ4n) is 3.60. The third kappa shape index (κ3) is 5.67. The van der Waals surface area contributed by atoms with E-state index in [-0.39, 0.29) is 11.9 Å². The second kappa shape index (κ2) is 11.0. The van der Waals surface area contributed by atoms with Crippen LogP contribution in [0.5, 0.6) is 11.5 Å². The van der Waals surface area contributed by atoms with Gasteiger partial charge in [0.15, 0.2) is 11.5 Å². The molecule has 166 valence electrons. The number of anilines is 1. The van der Waals surface area contributed by atoms with E-state index in [0.717, 1.165) is 49.7 Å². The summed E-state index contributed by atoms with van der Waals surface area (Å²) in [6.07, 6.45) is 8.99. The fourth-order valence-corrected chi connectivity index (χ4v) is 4.88. The van der Waals surface area contributed by atoms with Crippen molar-refractivity contribution in [2.75, 3.05) is 26.1 Å². The summed E-state index contributed by atoms with van der Waals surface area (Å²) in [4.78, 5) is 26.6. The number of rotatable bonds is 8.